The minimum absolute atomic E-state index is 0.183. The minimum atomic E-state index is -0.396. The third kappa shape index (κ3) is 3.17. The van der Waals surface area contributed by atoms with Crippen LogP contribution in [0, 0.1) is 23.1 Å². The van der Waals surface area contributed by atoms with Crippen LogP contribution in [0.5, 0.6) is 0 Å². The van der Waals surface area contributed by atoms with Gasteiger partial charge >= 0.3 is 0 Å². The highest BCUT2D eigenvalue weighted by Crippen LogP contribution is 2.53. The molecule has 2 heterocycles. The predicted octanol–water partition coefficient (Wildman–Crippen LogP) is 2.89. The van der Waals surface area contributed by atoms with Gasteiger partial charge in [0.15, 0.2) is 5.82 Å². The van der Waals surface area contributed by atoms with E-state index in [1.165, 1.54) is 18.5 Å². The molecule has 2 bridgehead atoms. The first-order valence-corrected chi connectivity index (χ1v) is 8.82. The summed E-state index contributed by atoms with van der Waals surface area (Å²) in [6, 6.07) is 2.93. The maximum atomic E-state index is 13.8. The van der Waals surface area contributed by atoms with Gasteiger partial charge in [-0.2, -0.15) is 0 Å². The first-order chi connectivity index (χ1) is 12.6. The van der Waals surface area contributed by atoms with Crippen LogP contribution >= 0.6 is 0 Å². The number of carbonyl (C=O) groups excluding carboxylic acids is 1. The number of halogens is 1. The topological polar surface area (TPSA) is 67.8 Å². The van der Waals surface area contributed by atoms with Crippen molar-refractivity contribution in [3.05, 3.63) is 54.1 Å². The van der Waals surface area contributed by atoms with Crippen LogP contribution in [0.15, 0.2) is 36.9 Å². The normalized spacial score (nSPS) is 26.7. The van der Waals surface area contributed by atoms with E-state index in [2.05, 4.69) is 32.1 Å². The first-order valence-electron chi connectivity index (χ1n) is 8.82. The second-order valence-electron chi connectivity index (χ2n) is 7.22. The average Bonchev–Trinajstić information content (AvgIpc) is 2.92. The van der Waals surface area contributed by atoms with Crippen molar-refractivity contribution in [3.63, 3.8) is 0 Å². The second-order valence-corrected chi connectivity index (χ2v) is 7.22. The van der Waals surface area contributed by atoms with E-state index in [1.54, 1.807) is 18.5 Å². The van der Waals surface area contributed by atoms with E-state index < -0.39 is 5.82 Å². The summed E-state index contributed by atoms with van der Waals surface area (Å²) in [5.74, 6) is 5.63. The van der Waals surface area contributed by atoms with Crippen LogP contribution in [-0.2, 0) is 0 Å². The summed E-state index contributed by atoms with van der Waals surface area (Å²) in [6.45, 7) is 0. The highest BCUT2D eigenvalue weighted by atomic mass is 19.1. The zero-order chi connectivity index (χ0) is 18.0. The number of aromatic nitrogens is 3. The van der Waals surface area contributed by atoms with Crippen molar-refractivity contribution in [1.82, 2.24) is 20.3 Å². The SMILES string of the molecule is O=C(NC12CCCC(C#Cc3ncccc3F)(CC1)C2)c1cnccn1. The van der Waals surface area contributed by atoms with Crippen molar-refractivity contribution in [1.29, 1.82) is 0 Å². The summed E-state index contributed by atoms with van der Waals surface area (Å²) in [5.41, 5.74) is 0.0716. The summed E-state index contributed by atoms with van der Waals surface area (Å²) < 4.78 is 13.8. The molecule has 6 heteroatoms. The van der Waals surface area contributed by atoms with Crippen LogP contribution < -0.4 is 5.32 Å². The van der Waals surface area contributed by atoms with Gasteiger partial charge in [0.2, 0.25) is 0 Å². The maximum absolute atomic E-state index is 13.8. The number of hydrogen-bond donors (Lipinski definition) is 1. The first kappa shape index (κ1) is 16.6. The zero-order valence-electron chi connectivity index (χ0n) is 14.3. The van der Waals surface area contributed by atoms with Crippen molar-refractivity contribution >= 4 is 5.91 Å². The Kier molecular flexibility index (Phi) is 4.15. The molecule has 1 amide bonds. The lowest BCUT2D eigenvalue weighted by Crippen LogP contribution is -2.49. The number of carbonyl (C=O) groups is 1. The Morgan fingerprint density at radius 2 is 2.08 bits per heavy atom. The monoisotopic (exact) mass is 350 g/mol. The van der Waals surface area contributed by atoms with E-state index >= 15 is 0 Å². The van der Waals surface area contributed by atoms with E-state index in [1.807, 2.05) is 0 Å². The molecule has 0 aliphatic heterocycles. The van der Waals surface area contributed by atoms with Crippen molar-refractivity contribution in [2.75, 3.05) is 0 Å². The molecule has 2 aromatic rings. The highest BCUT2D eigenvalue weighted by Gasteiger charge is 2.51. The van der Waals surface area contributed by atoms with Gasteiger partial charge in [-0.15, -0.1) is 0 Å². The second kappa shape index (κ2) is 6.49. The van der Waals surface area contributed by atoms with E-state index in [0.29, 0.717) is 5.69 Å². The largest absolute Gasteiger partial charge is 0.345 e. The summed E-state index contributed by atoms with van der Waals surface area (Å²) in [6.07, 6.45) is 11.5. The molecule has 26 heavy (non-hydrogen) atoms. The highest BCUT2D eigenvalue weighted by molar-refractivity contribution is 5.92. The van der Waals surface area contributed by atoms with E-state index in [9.17, 15) is 9.18 Å². The molecule has 0 saturated heterocycles. The van der Waals surface area contributed by atoms with Gasteiger partial charge in [0.1, 0.15) is 11.4 Å². The molecule has 2 atom stereocenters. The molecule has 2 fully saturated rings. The Hall–Kier alpha value is -2.81. The van der Waals surface area contributed by atoms with Gasteiger partial charge in [0.05, 0.1) is 6.20 Å². The summed E-state index contributed by atoms with van der Waals surface area (Å²) >= 11 is 0. The lowest BCUT2D eigenvalue weighted by Gasteiger charge is -2.37. The third-order valence-electron chi connectivity index (χ3n) is 5.45. The van der Waals surface area contributed by atoms with Crippen LogP contribution in [0.25, 0.3) is 0 Å². The van der Waals surface area contributed by atoms with Gasteiger partial charge in [-0.25, -0.2) is 14.4 Å². The number of rotatable bonds is 2. The van der Waals surface area contributed by atoms with Crippen molar-refractivity contribution in [2.45, 2.75) is 44.1 Å². The average molecular weight is 350 g/mol. The number of nitrogens with zero attached hydrogens (tertiary/aromatic N) is 3. The molecule has 2 aliphatic rings. The van der Waals surface area contributed by atoms with Gasteiger partial charge in [-0.1, -0.05) is 5.92 Å². The van der Waals surface area contributed by atoms with E-state index in [4.69, 9.17) is 0 Å². The smallest absolute Gasteiger partial charge is 0.271 e. The molecular weight excluding hydrogens is 331 g/mol. The molecule has 2 saturated carbocycles. The zero-order valence-corrected chi connectivity index (χ0v) is 14.3. The molecule has 2 aromatic heterocycles. The molecule has 2 unspecified atom stereocenters. The molecule has 132 valence electrons. The molecule has 0 aromatic carbocycles. The fraction of sp³-hybridized carbons (Fsp3) is 0.400. The van der Waals surface area contributed by atoms with E-state index in [-0.39, 0.29) is 22.6 Å². The van der Waals surface area contributed by atoms with Gasteiger partial charge in [-0.3, -0.25) is 9.78 Å². The lowest BCUT2D eigenvalue weighted by molar-refractivity contribution is 0.0866. The molecular formula is C20H19FN4O. The summed E-state index contributed by atoms with van der Waals surface area (Å²) in [4.78, 5) is 24.6. The van der Waals surface area contributed by atoms with Crippen LogP contribution in [0.3, 0.4) is 0 Å². The molecule has 2 aliphatic carbocycles. The van der Waals surface area contributed by atoms with Gasteiger partial charge in [0.25, 0.3) is 5.91 Å². The van der Waals surface area contributed by atoms with Crippen molar-refractivity contribution < 1.29 is 9.18 Å². The van der Waals surface area contributed by atoms with Gasteiger partial charge in [-0.05, 0) is 56.6 Å². The fourth-order valence-corrected chi connectivity index (χ4v) is 4.22. The number of amides is 1. The minimum Gasteiger partial charge on any atom is -0.345 e. The predicted molar refractivity (Wildman–Crippen MR) is 93.4 cm³/mol. The van der Waals surface area contributed by atoms with Crippen molar-refractivity contribution in [2.24, 2.45) is 5.41 Å². The van der Waals surface area contributed by atoms with Gasteiger partial charge < -0.3 is 5.32 Å². The number of pyridine rings is 1. The summed E-state index contributed by atoms with van der Waals surface area (Å²) in [5, 5.41) is 3.18. The Bertz CT molecular complexity index is 891. The number of fused-ring (bicyclic) bond motifs is 2. The molecule has 5 nitrogen and oxygen atoms in total. The Balaban J connectivity index is 1.53. The summed E-state index contributed by atoms with van der Waals surface area (Å²) in [7, 11) is 0. The van der Waals surface area contributed by atoms with Crippen LogP contribution in [0.1, 0.15) is 54.7 Å². The van der Waals surface area contributed by atoms with Gasteiger partial charge in [0, 0.05) is 29.5 Å². The molecule has 0 spiro atoms. The van der Waals surface area contributed by atoms with Crippen LogP contribution in [-0.4, -0.2) is 26.4 Å². The Morgan fingerprint density at radius 3 is 2.88 bits per heavy atom. The van der Waals surface area contributed by atoms with E-state index in [0.717, 1.165) is 38.5 Å². The number of hydrogen-bond acceptors (Lipinski definition) is 4. The van der Waals surface area contributed by atoms with Crippen LogP contribution in [0.4, 0.5) is 4.39 Å². The standard InChI is InChI=1S/C20H19FN4O/c21-15-3-1-10-23-16(15)4-7-19-5-2-6-20(14-19,9-8-19)25-18(26)17-13-22-11-12-24-17/h1,3,10-13H,2,5-6,8-9,14H2,(H,25,26). The van der Waals surface area contributed by atoms with Crippen molar-refractivity contribution in [3.8, 4) is 11.8 Å². The quantitative estimate of drug-likeness (QED) is 0.846. The lowest BCUT2D eigenvalue weighted by atomic mass is 9.73. The molecule has 1 N–H and O–H groups in total. The maximum Gasteiger partial charge on any atom is 0.271 e. The molecule has 4 rings (SSSR count). The third-order valence-corrected chi connectivity index (χ3v) is 5.45. The van der Waals surface area contributed by atoms with Crippen LogP contribution in [0.2, 0.25) is 0 Å². The Morgan fingerprint density at radius 1 is 1.15 bits per heavy atom. The molecule has 0 radical (unpaired) electrons. The fourth-order valence-electron chi connectivity index (χ4n) is 4.22. The number of nitrogens with one attached hydrogen (secondary N) is 1. The Labute approximate surface area is 151 Å².